The highest BCUT2D eigenvalue weighted by atomic mass is 32.2. The van der Waals surface area contributed by atoms with Gasteiger partial charge in [-0.2, -0.15) is 0 Å². The average Bonchev–Trinajstić information content (AvgIpc) is 2.77. The molecule has 0 aromatic rings. The van der Waals surface area contributed by atoms with Gasteiger partial charge in [0.05, 0.1) is 17.4 Å². The maximum absolute atomic E-state index is 12.2. The largest absolute Gasteiger partial charge is 0.461 e. The molecule has 1 heterocycles. The third-order valence-corrected chi connectivity index (χ3v) is 7.08. The summed E-state index contributed by atoms with van der Waals surface area (Å²) in [4.78, 5) is 12.2. The number of hydrogen-bond acceptors (Lipinski definition) is 4. The molecule has 1 saturated heterocycles. The van der Waals surface area contributed by atoms with Gasteiger partial charge in [0.25, 0.3) is 0 Å². The van der Waals surface area contributed by atoms with Gasteiger partial charge < -0.3 is 4.74 Å². The zero-order valence-corrected chi connectivity index (χ0v) is 12.7. The molecule has 4 nitrogen and oxygen atoms in total. The molecule has 3 fully saturated rings. The molecule has 5 heteroatoms. The van der Waals surface area contributed by atoms with Gasteiger partial charge in [-0.1, -0.05) is 25.7 Å². The van der Waals surface area contributed by atoms with E-state index in [1.54, 1.807) is 0 Å². The third kappa shape index (κ3) is 3.18. The minimum Gasteiger partial charge on any atom is -0.461 e. The molecule has 0 bridgehead atoms. The highest BCUT2D eigenvalue weighted by Gasteiger charge is 2.38. The zero-order chi connectivity index (χ0) is 14.2. The first-order valence-corrected chi connectivity index (χ1v) is 9.76. The van der Waals surface area contributed by atoms with E-state index in [0.717, 1.165) is 25.2 Å². The fraction of sp³-hybridized carbons (Fsp3) is 0.933. The summed E-state index contributed by atoms with van der Waals surface area (Å²) >= 11 is 0. The number of ether oxygens (including phenoxy) is 1. The summed E-state index contributed by atoms with van der Waals surface area (Å²) in [5, 5.41) is 0. The lowest BCUT2D eigenvalue weighted by Gasteiger charge is -2.38. The Hall–Kier alpha value is -0.580. The Kier molecular flexibility index (Phi) is 4.07. The van der Waals surface area contributed by atoms with Gasteiger partial charge in [0.1, 0.15) is 6.10 Å². The predicted molar refractivity (Wildman–Crippen MR) is 75.9 cm³/mol. The second-order valence-electron chi connectivity index (χ2n) is 6.78. The molecule has 2 aliphatic carbocycles. The number of carbonyl (C=O) groups excluding carboxylic acids is 1. The molecule has 0 amide bonds. The standard InChI is InChI=1S/C15H24O4S/c16-15(19-14-7-8-20(17,18)10-14)13-6-5-11-3-1-2-4-12(11)9-13/h11-14H,1-10H2. The molecule has 3 aliphatic rings. The number of sulfone groups is 1. The third-order valence-electron chi connectivity index (χ3n) is 5.35. The number of carbonyl (C=O) groups is 1. The minimum absolute atomic E-state index is 0.0117. The molecule has 0 aromatic carbocycles. The normalized spacial score (nSPS) is 40.0. The fourth-order valence-electron chi connectivity index (χ4n) is 4.20. The van der Waals surface area contributed by atoms with E-state index < -0.39 is 15.9 Å². The van der Waals surface area contributed by atoms with Gasteiger partial charge in [-0.15, -0.1) is 0 Å². The Balaban J connectivity index is 1.53. The van der Waals surface area contributed by atoms with Crippen molar-refractivity contribution in [1.29, 1.82) is 0 Å². The van der Waals surface area contributed by atoms with Crippen molar-refractivity contribution in [2.45, 2.75) is 57.5 Å². The van der Waals surface area contributed by atoms with Gasteiger partial charge >= 0.3 is 5.97 Å². The summed E-state index contributed by atoms with van der Waals surface area (Å²) in [5.74, 6) is 1.58. The maximum atomic E-state index is 12.2. The first kappa shape index (κ1) is 14.4. The lowest BCUT2D eigenvalue weighted by Crippen LogP contribution is -2.33. The lowest BCUT2D eigenvalue weighted by atomic mass is 9.67. The summed E-state index contributed by atoms with van der Waals surface area (Å²) in [6.07, 6.45) is 8.35. The van der Waals surface area contributed by atoms with Crippen molar-refractivity contribution in [1.82, 2.24) is 0 Å². The average molecular weight is 300 g/mol. The molecule has 114 valence electrons. The van der Waals surface area contributed by atoms with E-state index >= 15 is 0 Å². The predicted octanol–water partition coefficient (Wildman–Crippen LogP) is 2.32. The molecular weight excluding hydrogens is 276 g/mol. The van der Waals surface area contributed by atoms with Crippen LogP contribution in [-0.2, 0) is 19.4 Å². The molecule has 20 heavy (non-hydrogen) atoms. The van der Waals surface area contributed by atoms with Crippen LogP contribution in [0, 0.1) is 17.8 Å². The van der Waals surface area contributed by atoms with Gasteiger partial charge in [0.2, 0.25) is 0 Å². The van der Waals surface area contributed by atoms with E-state index in [1.165, 1.54) is 25.7 Å². The van der Waals surface area contributed by atoms with Crippen molar-refractivity contribution < 1.29 is 17.9 Å². The number of rotatable bonds is 2. The molecule has 0 N–H and O–H groups in total. The number of fused-ring (bicyclic) bond motifs is 1. The van der Waals surface area contributed by atoms with E-state index in [9.17, 15) is 13.2 Å². The van der Waals surface area contributed by atoms with Crippen LogP contribution in [-0.4, -0.2) is 32.0 Å². The Morgan fingerprint density at radius 3 is 2.40 bits per heavy atom. The maximum Gasteiger partial charge on any atom is 0.309 e. The van der Waals surface area contributed by atoms with Crippen LogP contribution in [0.15, 0.2) is 0 Å². The van der Waals surface area contributed by atoms with Gasteiger partial charge in [-0.25, -0.2) is 8.42 Å². The monoisotopic (exact) mass is 300 g/mol. The Morgan fingerprint density at radius 2 is 1.70 bits per heavy atom. The Morgan fingerprint density at radius 1 is 0.950 bits per heavy atom. The number of hydrogen-bond donors (Lipinski definition) is 0. The summed E-state index contributed by atoms with van der Waals surface area (Å²) in [6, 6.07) is 0. The Bertz CT molecular complexity index is 470. The Labute approximate surface area is 121 Å². The molecule has 0 radical (unpaired) electrons. The molecule has 4 unspecified atom stereocenters. The zero-order valence-electron chi connectivity index (χ0n) is 11.9. The van der Waals surface area contributed by atoms with E-state index in [1.807, 2.05) is 0 Å². The molecule has 1 aliphatic heterocycles. The van der Waals surface area contributed by atoms with Gasteiger partial charge in [0, 0.05) is 0 Å². The smallest absolute Gasteiger partial charge is 0.309 e. The van der Waals surface area contributed by atoms with Crippen LogP contribution >= 0.6 is 0 Å². The van der Waals surface area contributed by atoms with Crippen LogP contribution in [0.4, 0.5) is 0 Å². The van der Waals surface area contributed by atoms with E-state index in [4.69, 9.17) is 4.74 Å². The van der Waals surface area contributed by atoms with Gasteiger partial charge in [-0.3, -0.25) is 4.79 Å². The fourth-order valence-corrected chi connectivity index (χ4v) is 5.79. The van der Waals surface area contributed by atoms with Crippen molar-refractivity contribution in [2.24, 2.45) is 17.8 Å². The van der Waals surface area contributed by atoms with Crippen LogP contribution in [0.1, 0.15) is 51.4 Å². The summed E-state index contributed by atoms with van der Waals surface area (Å²) in [7, 11) is -2.97. The van der Waals surface area contributed by atoms with Crippen molar-refractivity contribution in [3.63, 3.8) is 0 Å². The topological polar surface area (TPSA) is 60.4 Å². The van der Waals surface area contributed by atoms with Crippen LogP contribution in [0.25, 0.3) is 0 Å². The van der Waals surface area contributed by atoms with Gasteiger partial charge in [-0.05, 0) is 37.5 Å². The van der Waals surface area contributed by atoms with Crippen molar-refractivity contribution in [2.75, 3.05) is 11.5 Å². The van der Waals surface area contributed by atoms with Crippen molar-refractivity contribution in [3.05, 3.63) is 0 Å². The molecular formula is C15H24O4S. The second-order valence-corrected chi connectivity index (χ2v) is 9.01. The number of esters is 1. The first-order chi connectivity index (χ1) is 9.53. The SMILES string of the molecule is O=C(OC1CCS(=O)(=O)C1)C1CCC2CCCCC2C1. The quantitative estimate of drug-likeness (QED) is 0.734. The van der Waals surface area contributed by atoms with E-state index in [2.05, 4.69) is 0 Å². The molecule has 3 rings (SSSR count). The van der Waals surface area contributed by atoms with E-state index in [-0.39, 0.29) is 23.4 Å². The molecule has 4 atom stereocenters. The molecule has 2 saturated carbocycles. The lowest BCUT2D eigenvalue weighted by molar-refractivity contribution is -0.155. The highest BCUT2D eigenvalue weighted by Crippen LogP contribution is 2.43. The summed E-state index contributed by atoms with van der Waals surface area (Å²) < 4.78 is 28.2. The van der Waals surface area contributed by atoms with Crippen LogP contribution < -0.4 is 0 Å². The first-order valence-electron chi connectivity index (χ1n) is 7.94. The second kappa shape index (κ2) is 5.66. The highest BCUT2D eigenvalue weighted by molar-refractivity contribution is 7.91. The van der Waals surface area contributed by atoms with Crippen LogP contribution in [0.2, 0.25) is 0 Å². The van der Waals surface area contributed by atoms with Crippen LogP contribution in [0.5, 0.6) is 0 Å². The van der Waals surface area contributed by atoms with Crippen molar-refractivity contribution >= 4 is 15.8 Å². The van der Waals surface area contributed by atoms with E-state index in [0.29, 0.717) is 12.3 Å². The molecule has 0 aromatic heterocycles. The van der Waals surface area contributed by atoms with Gasteiger partial charge in [0.15, 0.2) is 9.84 Å². The van der Waals surface area contributed by atoms with Crippen LogP contribution in [0.3, 0.4) is 0 Å². The van der Waals surface area contributed by atoms with Crippen molar-refractivity contribution in [3.8, 4) is 0 Å². The molecule has 0 spiro atoms. The summed E-state index contributed by atoms with van der Waals surface area (Å²) in [6.45, 7) is 0. The summed E-state index contributed by atoms with van der Waals surface area (Å²) in [5.41, 5.74) is 0. The minimum atomic E-state index is -2.97.